The van der Waals surface area contributed by atoms with Crippen molar-refractivity contribution in [3.05, 3.63) is 70.2 Å². The Morgan fingerprint density at radius 1 is 1.10 bits per heavy atom. The minimum atomic E-state index is -0.890. The number of benzene rings is 2. The number of nitrogens with zero attached hydrogens (tertiary/aromatic N) is 1. The number of hydrogen-bond donors (Lipinski definition) is 1. The van der Waals surface area contributed by atoms with E-state index >= 15 is 0 Å². The summed E-state index contributed by atoms with van der Waals surface area (Å²) >= 11 is 11.9. The van der Waals surface area contributed by atoms with Gasteiger partial charge in [0.15, 0.2) is 0 Å². The summed E-state index contributed by atoms with van der Waals surface area (Å²) in [5.74, 6) is -0.733. The van der Waals surface area contributed by atoms with Crippen LogP contribution in [-0.4, -0.2) is 31.6 Å². The predicted molar refractivity (Wildman–Crippen MR) is 114 cm³/mol. The molecule has 1 aliphatic heterocycles. The topological polar surface area (TPSA) is 84.9 Å². The maximum Gasteiger partial charge on any atom is 0.335 e. The van der Waals surface area contributed by atoms with Crippen LogP contribution in [0.4, 0.5) is 10.5 Å². The molecule has 2 aromatic carbocycles. The predicted octanol–water partition coefficient (Wildman–Crippen LogP) is 4.23. The van der Waals surface area contributed by atoms with Gasteiger partial charge in [0.1, 0.15) is 23.7 Å². The van der Waals surface area contributed by atoms with Crippen LogP contribution in [0.5, 0.6) is 11.5 Å². The van der Waals surface area contributed by atoms with E-state index in [1.165, 1.54) is 31.4 Å². The van der Waals surface area contributed by atoms with E-state index in [2.05, 4.69) is 11.9 Å². The van der Waals surface area contributed by atoms with Crippen molar-refractivity contribution in [1.29, 1.82) is 0 Å². The van der Waals surface area contributed by atoms with Crippen molar-refractivity contribution < 1.29 is 23.9 Å². The summed E-state index contributed by atoms with van der Waals surface area (Å²) in [5.41, 5.74) is 0.358. The van der Waals surface area contributed by atoms with E-state index in [9.17, 15) is 14.4 Å². The normalized spacial score (nSPS) is 15.2. The van der Waals surface area contributed by atoms with Crippen LogP contribution in [0.1, 0.15) is 5.56 Å². The lowest BCUT2D eigenvalue weighted by Crippen LogP contribution is -2.54. The number of amides is 4. The van der Waals surface area contributed by atoms with E-state index in [4.69, 9.17) is 32.7 Å². The molecule has 1 saturated heterocycles. The van der Waals surface area contributed by atoms with Crippen LogP contribution in [0.3, 0.4) is 0 Å². The molecule has 1 heterocycles. The number of carbonyl (C=O) groups excluding carboxylic acids is 3. The van der Waals surface area contributed by atoms with E-state index < -0.39 is 17.8 Å². The minimum Gasteiger partial charge on any atom is -0.497 e. The summed E-state index contributed by atoms with van der Waals surface area (Å²) in [6.45, 7) is 3.80. The number of rotatable bonds is 6. The van der Waals surface area contributed by atoms with Gasteiger partial charge in [0.2, 0.25) is 0 Å². The number of anilines is 1. The Hall–Kier alpha value is -3.29. The lowest BCUT2D eigenvalue weighted by Gasteiger charge is -2.26. The van der Waals surface area contributed by atoms with Crippen LogP contribution in [0.25, 0.3) is 6.08 Å². The van der Waals surface area contributed by atoms with Crippen molar-refractivity contribution in [2.24, 2.45) is 0 Å². The van der Waals surface area contributed by atoms with Crippen LogP contribution in [0.15, 0.2) is 54.6 Å². The summed E-state index contributed by atoms with van der Waals surface area (Å²) in [7, 11) is 1.50. The molecule has 1 aliphatic rings. The fraction of sp³-hybridized carbons (Fsp3) is 0.0952. The zero-order valence-electron chi connectivity index (χ0n) is 15.8. The second kappa shape index (κ2) is 9.02. The number of halogens is 2. The van der Waals surface area contributed by atoms with Gasteiger partial charge in [-0.05, 0) is 36.4 Å². The van der Waals surface area contributed by atoms with Gasteiger partial charge in [-0.2, -0.15) is 0 Å². The molecule has 1 fully saturated rings. The SMILES string of the molecule is C=CCOc1cc(OC)ccc1/C=C1\C(=O)NC(=O)N(c2ccc(Cl)c(Cl)c2)C1=O. The molecule has 2 aromatic rings. The number of hydrogen-bond acceptors (Lipinski definition) is 5. The first-order valence-corrected chi connectivity index (χ1v) is 9.39. The highest BCUT2D eigenvalue weighted by Crippen LogP contribution is 2.31. The average Bonchev–Trinajstić information content (AvgIpc) is 2.72. The molecule has 0 aromatic heterocycles. The second-order valence-corrected chi connectivity index (χ2v) is 6.87. The molecule has 0 saturated carbocycles. The third-order valence-electron chi connectivity index (χ3n) is 4.14. The maximum atomic E-state index is 13.0. The van der Waals surface area contributed by atoms with E-state index in [0.29, 0.717) is 17.1 Å². The number of urea groups is 1. The molecule has 7 nitrogen and oxygen atoms in total. The zero-order chi connectivity index (χ0) is 21.8. The molecule has 0 atom stereocenters. The van der Waals surface area contributed by atoms with Gasteiger partial charge in [0.05, 0.1) is 22.8 Å². The van der Waals surface area contributed by atoms with Crippen LogP contribution in [-0.2, 0) is 9.59 Å². The first-order valence-electron chi connectivity index (χ1n) is 8.64. The fourth-order valence-corrected chi connectivity index (χ4v) is 3.00. The summed E-state index contributed by atoms with van der Waals surface area (Å²) < 4.78 is 10.8. The zero-order valence-corrected chi connectivity index (χ0v) is 17.3. The van der Waals surface area contributed by atoms with Gasteiger partial charge in [0, 0.05) is 11.6 Å². The van der Waals surface area contributed by atoms with Gasteiger partial charge in [0.25, 0.3) is 11.8 Å². The summed E-state index contributed by atoms with van der Waals surface area (Å²) in [5, 5.41) is 2.57. The first-order chi connectivity index (χ1) is 14.3. The summed E-state index contributed by atoms with van der Waals surface area (Å²) in [6.07, 6.45) is 2.89. The third kappa shape index (κ3) is 4.32. The molecular formula is C21H16Cl2N2O5. The summed E-state index contributed by atoms with van der Waals surface area (Å²) in [6, 6.07) is 8.27. The fourth-order valence-electron chi connectivity index (χ4n) is 2.71. The number of nitrogens with one attached hydrogen (secondary N) is 1. The van der Waals surface area contributed by atoms with Crippen molar-refractivity contribution in [3.63, 3.8) is 0 Å². The van der Waals surface area contributed by atoms with Gasteiger partial charge < -0.3 is 9.47 Å². The molecule has 0 unspecified atom stereocenters. The van der Waals surface area contributed by atoms with Crippen molar-refractivity contribution in [1.82, 2.24) is 5.32 Å². The van der Waals surface area contributed by atoms with Crippen molar-refractivity contribution in [3.8, 4) is 11.5 Å². The first kappa shape index (κ1) is 21.4. The number of methoxy groups -OCH3 is 1. The molecule has 0 bridgehead atoms. The van der Waals surface area contributed by atoms with Gasteiger partial charge in [-0.15, -0.1) is 0 Å². The molecule has 0 radical (unpaired) electrons. The Kier molecular flexibility index (Phi) is 6.44. The number of carbonyl (C=O) groups is 3. The Labute approximate surface area is 182 Å². The smallest absolute Gasteiger partial charge is 0.335 e. The average molecular weight is 447 g/mol. The van der Waals surface area contributed by atoms with Crippen LogP contribution >= 0.6 is 23.2 Å². The Balaban J connectivity index is 2.04. The van der Waals surface area contributed by atoms with Gasteiger partial charge >= 0.3 is 6.03 Å². The summed E-state index contributed by atoms with van der Waals surface area (Å²) in [4.78, 5) is 38.5. The third-order valence-corrected chi connectivity index (χ3v) is 4.88. The molecular weight excluding hydrogens is 431 g/mol. The molecule has 154 valence electrons. The Morgan fingerprint density at radius 2 is 1.87 bits per heavy atom. The number of ether oxygens (including phenoxy) is 2. The van der Waals surface area contributed by atoms with E-state index in [0.717, 1.165) is 4.90 Å². The largest absolute Gasteiger partial charge is 0.497 e. The molecule has 0 spiro atoms. The van der Waals surface area contributed by atoms with Gasteiger partial charge in [-0.25, -0.2) is 9.69 Å². The number of barbiturate groups is 1. The minimum absolute atomic E-state index is 0.160. The van der Waals surface area contributed by atoms with Crippen LogP contribution < -0.4 is 19.7 Å². The highest BCUT2D eigenvalue weighted by Gasteiger charge is 2.37. The maximum absolute atomic E-state index is 13.0. The molecule has 0 aliphatic carbocycles. The van der Waals surface area contributed by atoms with Crippen LogP contribution in [0.2, 0.25) is 10.0 Å². The van der Waals surface area contributed by atoms with E-state index in [1.807, 2.05) is 0 Å². The monoisotopic (exact) mass is 446 g/mol. The standard InChI is InChI=1S/C21H16Cl2N2O5/c1-3-8-30-18-11-14(29-2)6-4-12(18)9-15-19(26)24-21(28)25(20(15)27)13-5-7-16(22)17(23)10-13/h3-7,9-11H,1,8H2,2H3,(H,24,26,28)/b15-9+. The van der Waals surface area contributed by atoms with Gasteiger partial charge in [-0.3, -0.25) is 14.9 Å². The van der Waals surface area contributed by atoms with E-state index in [-0.39, 0.29) is 27.9 Å². The van der Waals surface area contributed by atoms with Crippen molar-refractivity contribution >= 4 is 52.8 Å². The van der Waals surface area contributed by atoms with Crippen molar-refractivity contribution in [2.45, 2.75) is 0 Å². The lowest BCUT2D eigenvalue weighted by atomic mass is 10.1. The van der Waals surface area contributed by atoms with Gasteiger partial charge in [-0.1, -0.05) is 35.9 Å². The quantitative estimate of drug-likeness (QED) is 0.407. The van der Waals surface area contributed by atoms with Crippen molar-refractivity contribution in [2.75, 3.05) is 18.6 Å². The lowest BCUT2D eigenvalue weighted by molar-refractivity contribution is -0.122. The molecule has 1 N–H and O–H groups in total. The second-order valence-electron chi connectivity index (χ2n) is 6.06. The molecule has 9 heteroatoms. The molecule has 3 rings (SSSR count). The highest BCUT2D eigenvalue weighted by molar-refractivity contribution is 6.43. The Bertz CT molecular complexity index is 1080. The van der Waals surface area contributed by atoms with Crippen LogP contribution in [0, 0.1) is 0 Å². The molecule has 30 heavy (non-hydrogen) atoms. The van der Waals surface area contributed by atoms with E-state index in [1.54, 1.807) is 24.3 Å². The number of imide groups is 2. The Morgan fingerprint density at radius 3 is 2.53 bits per heavy atom. The highest BCUT2D eigenvalue weighted by atomic mass is 35.5. The molecule has 4 amide bonds.